The van der Waals surface area contributed by atoms with Crippen molar-refractivity contribution < 1.29 is 12.6 Å². The molecule has 0 spiro atoms. The molecule has 0 unspecified atom stereocenters. The summed E-state index contributed by atoms with van der Waals surface area (Å²) < 4.78 is 29.5. The summed E-state index contributed by atoms with van der Waals surface area (Å²) >= 11 is 5.65. The lowest BCUT2D eigenvalue weighted by atomic mass is 10.0. The highest BCUT2D eigenvalue weighted by atomic mass is 35.5. The molecule has 124 valence electrons. The van der Waals surface area contributed by atoms with Crippen LogP contribution >= 0.6 is 11.6 Å². The number of halogens is 1. The standard InChI is InChI=1S/C18H11ClN2O3S/c19-18-10-9-17(12-21-18)25(22,23)24-16-7-5-15(6-8-16)14-3-1-13(11-20)2-4-14/h1-10,12H. The number of nitriles is 1. The van der Waals surface area contributed by atoms with E-state index in [-0.39, 0.29) is 15.8 Å². The summed E-state index contributed by atoms with van der Waals surface area (Å²) in [7, 11) is -3.97. The Balaban J connectivity index is 1.80. The second-order valence-electron chi connectivity index (χ2n) is 5.07. The molecule has 5 nitrogen and oxygen atoms in total. The quantitative estimate of drug-likeness (QED) is 0.511. The van der Waals surface area contributed by atoms with Crippen LogP contribution in [0.4, 0.5) is 0 Å². The lowest BCUT2D eigenvalue weighted by Crippen LogP contribution is -2.09. The molecule has 0 bridgehead atoms. The van der Waals surface area contributed by atoms with E-state index < -0.39 is 10.1 Å². The van der Waals surface area contributed by atoms with Gasteiger partial charge in [-0.1, -0.05) is 35.9 Å². The summed E-state index contributed by atoms with van der Waals surface area (Å²) in [5.74, 6) is 0.187. The second-order valence-corrected chi connectivity index (χ2v) is 7.00. The average Bonchev–Trinajstić information content (AvgIpc) is 2.62. The van der Waals surface area contributed by atoms with E-state index in [1.54, 1.807) is 36.4 Å². The van der Waals surface area contributed by atoms with E-state index in [2.05, 4.69) is 11.1 Å². The van der Waals surface area contributed by atoms with E-state index in [9.17, 15) is 8.42 Å². The normalized spacial score (nSPS) is 10.9. The Labute approximate surface area is 150 Å². The molecule has 2 aromatic carbocycles. The molecule has 0 aliphatic heterocycles. The van der Waals surface area contributed by atoms with Crippen LogP contribution in [0.15, 0.2) is 71.8 Å². The number of hydrogen-bond acceptors (Lipinski definition) is 5. The SMILES string of the molecule is N#Cc1ccc(-c2ccc(OS(=O)(=O)c3ccc(Cl)nc3)cc2)cc1. The van der Waals surface area contributed by atoms with Gasteiger partial charge in [0.1, 0.15) is 15.8 Å². The highest BCUT2D eigenvalue weighted by Gasteiger charge is 2.17. The minimum absolute atomic E-state index is 0.0759. The van der Waals surface area contributed by atoms with Gasteiger partial charge in [0.2, 0.25) is 0 Å². The molecule has 0 amide bonds. The first kappa shape index (κ1) is 17.0. The van der Waals surface area contributed by atoms with Gasteiger partial charge in [-0.05, 0) is 47.5 Å². The first-order valence-corrected chi connectivity index (χ1v) is 8.93. The Hall–Kier alpha value is -2.88. The third-order valence-electron chi connectivity index (χ3n) is 3.40. The summed E-state index contributed by atoms with van der Waals surface area (Å²) in [6.45, 7) is 0. The van der Waals surface area contributed by atoms with E-state index in [4.69, 9.17) is 21.0 Å². The topological polar surface area (TPSA) is 80.0 Å². The number of rotatable bonds is 4. The van der Waals surface area contributed by atoms with Gasteiger partial charge in [0.25, 0.3) is 0 Å². The molecule has 7 heteroatoms. The Morgan fingerprint density at radius 2 is 1.52 bits per heavy atom. The molecule has 1 aromatic heterocycles. The van der Waals surface area contributed by atoms with Crippen LogP contribution in [0.25, 0.3) is 11.1 Å². The van der Waals surface area contributed by atoms with Gasteiger partial charge < -0.3 is 4.18 Å². The summed E-state index contributed by atoms with van der Waals surface area (Å²) in [5.41, 5.74) is 2.36. The molecule has 0 saturated heterocycles. The lowest BCUT2D eigenvalue weighted by molar-refractivity contribution is 0.486. The molecule has 0 aliphatic rings. The number of nitrogens with zero attached hydrogens (tertiary/aromatic N) is 2. The van der Waals surface area contributed by atoms with Crippen LogP contribution < -0.4 is 4.18 Å². The van der Waals surface area contributed by atoms with Crippen molar-refractivity contribution in [2.75, 3.05) is 0 Å². The zero-order chi connectivity index (χ0) is 17.9. The number of pyridine rings is 1. The Morgan fingerprint density at radius 3 is 2.04 bits per heavy atom. The molecule has 0 N–H and O–H groups in total. The fourth-order valence-corrected chi connectivity index (χ4v) is 3.11. The highest BCUT2D eigenvalue weighted by Crippen LogP contribution is 2.25. The van der Waals surface area contributed by atoms with Crippen LogP contribution in [0.3, 0.4) is 0 Å². The molecular weight excluding hydrogens is 360 g/mol. The minimum Gasteiger partial charge on any atom is -0.379 e. The van der Waals surface area contributed by atoms with E-state index in [0.717, 1.165) is 17.3 Å². The van der Waals surface area contributed by atoms with Gasteiger partial charge in [-0.25, -0.2) is 4.98 Å². The van der Waals surface area contributed by atoms with Crippen LogP contribution in [-0.2, 0) is 10.1 Å². The molecular formula is C18H11ClN2O3S. The first-order valence-electron chi connectivity index (χ1n) is 7.14. The Bertz CT molecular complexity index is 1020. The summed E-state index contributed by atoms with van der Waals surface area (Å²) in [4.78, 5) is 3.66. The van der Waals surface area contributed by atoms with Gasteiger partial charge in [0.15, 0.2) is 0 Å². The molecule has 25 heavy (non-hydrogen) atoms. The molecule has 0 saturated carbocycles. The molecule has 3 aromatic rings. The fraction of sp³-hybridized carbons (Fsp3) is 0. The molecule has 0 radical (unpaired) electrons. The van der Waals surface area contributed by atoms with Gasteiger partial charge in [0, 0.05) is 0 Å². The van der Waals surface area contributed by atoms with Crippen LogP contribution in [0.1, 0.15) is 5.56 Å². The first-order chi connectivity index (χ1) is 12.0. The Kier molecular flexibility index (Phi) is 4.70. The lowest BCUT2D eigenvalue weighted by Gasteiger charge is -2.08. The van der Waals surface area contributed by atoms with Crippen molar-refractivity contribution in [3.8, 4) is 22.9 Å². The maximum absolute atomic E-state index is 12.2. The smallest absolute Gasteiger partial charge is 0.340 e. The molecule has 1 heterocycles. The maximum atomic E-state index is 12.2. The maximum Gasteiger partial charge on any atom is 0.340 e. The van der Waals surface area contributed by atoms with Crippen molar-refractivity contribution in [2.45, 2.75) is 4.90 Å². The minimum atomic E-state index is -3.97. The van der Waals surface area contributed by atoms with Crippen LogP contribution in [-0.4, -0.2) is 13.4 Å². The van der Waals surface area contributed by atoms with E-state index in [0.29, 0.717) is 5.56 Å². The van der Waals surface area contributed by atoms with Crippen LogP contribution in [0, 0.1) is 11.3 Å². The zero-order valence-electron chi connectivity index (χ0n) is 12.8. The largest absolute Gasteiger partial charge is 0.379 e. The van der Waals surface area contributed by atoms with E-state index >= 15 is 0 Å². The van der Waals surface area contributed by atoms with Crippen molar-refractivity contribution >= 4 is 21.7 Å². The van der Waals surface area contributed by atoms with Crippen molar-refractivity contribution in [3.63, 3.8) is 0 Å². The van der Waals surface area contributed by atoms with Gasteiger partial charge in [0.05, 0.1) is 17.8 Å². The second kappa shape index (κ2) is 6.93. The van der Waals surface area contributed by atoms with Gasteiger partial charge in [-0.2, -0.15) is 13.7 Å². The van der Waals surface area contributed by atoms with Crippen molar-refractivity contribution in [2.24, 2.45) is 0 Å². The van der Waals surface area contributed by atoms with E-state index in [1.807, 2.05) is 12.1 Å². The van der Waals surface area contributed by atoms with Gasteiger partial charge in [-0.3, -0.25) is 0 Å². The van der Waals surface area contributed by atoms with Gasteiger partial charge in [-0.15, -0.1) is 0 Å². The van der Waals surface area contributed by atoms with Crippen molar-refractivity contribution in [1.82, 2.24) is 4.98 Å². The summed E-state index contributed by atoms with van der Waals surface area (Å²) in [6.07, 6.45) is 1.14. The third-order valence-corrected chi connectivity index (χ3v) is 4.85. The zero-order valence-corrected chi connectivity index (χ0v) is 14.3. The third kappa shape index (κ3) is 3.97. The number of aromatic nitrogens is 1. The molecule has 3 rings (SSSR count). The molecule has 0 aliphatic carbocycles. The van der Waals surface area contributed by atoms with Crippen LogP contribution in [0.2, 0.25) is 5.15 Å². The summed E-state index contributed by atoms with van der Waals surface area (Å²) in [6, 6.07) is 18.5. The molecule has 0 atom stereocenters. The van der Waals surface area contributed by atoms with E-state index in [1.165, 1.54) is 12.1 Å². The monoisotopic (exact) mass is 370 g/mol. The van der Waals surface area contributed by atoms with Crippen molar-refractivity contribution in [1.29, 1.82) is 5.26 Å². The highest BCUT2D eigenvalue weighted by molar-refractivity contribution is 7.87. The molecule has 0 fully saturated rings. The summed E-state index contributed by atoms with van der Waals surface area (Å²) in [5, 5.41) is 9.02. The fourth-order valence-electron chi connectivity index (χ4n) is 2.13. The predicted octanol–water partition coefficient (Wildman–Crippen LogP) is 4.04. The Morgan fingerprint density at radius 1 is 0.920 bits per heavy atom. The predicted molar refractivity (Wildman–Crippen MR) is 93.7 cm³/mol. The average molecular weight is 371 g/mol. The van der Waals surface area contributed by atoms with Crippen molar-refractivity contribution in [3.05, 3.63) is 77.6 Å². The van der Waals surface area contributed by atoms with Gasteiger partial charge >= 0.3 is 10.1 Å². The number of benzene rings is 2. The number of hydrogen-bond donors (Lipinski definition) is 0. The van der Waals surface area contributed by atoms with Crippen LogP contribution in [0.5, 0.6) is 5.75 Å².